The second-order valence-electron chi connectivity index (χ2n) is 3.13. The van der Waals surface area contributed by atoms with Gasteiger partial charge < -0.3 is 10.2 Å². The van der Waals surface area contributed by atoms with Gasteiger partial charge in [-0.2, -0.15) is 0 Å². The lowest BCUT2D eigenvalue weighted by atomic mass is 10.3. The van der Waals surface area contributed by atoms with Crippen LogP contribution in [0.5, 0.6) is 0 Å². The van der Waals surface area contributed by atoms with Crippen molar-refractivity contribution in [3.63, 3.8) is 0 Å². The number of aromatic nitrogens is 2. The molecule has 2 heterocycles. The van der Waals surface area contributed by atoms with E-state index in [9.17, 15) is 0 Å². The molecule has 0 aliphatic rings. The summed E-state index contributed by atoms with van der Waals surface area (Å²) < 4.78 is 6.04. The van der Waals surface area contributed by atoms with Crippen molar-refractivity contribution < 1.29 is 4.42 Å². The molecule has 0 aliphatic carbocycles. The zero-order chi connectivity index (χ0) is 10.8. The van der Waals surface area contributed by atoms with Crippen LogP contribution in [-0.2, 0) is 6.54 Å². The molecular formula is C10H10BrN3O. The first-order valence-corrected chi connectivity index (χ1v) is 5.28. The molecule has 0 aromatic carbocycles. The zero-order valence-corrected chi connectivity index (χ0v) is 9.78. The van der Waals surface area contributed by atoms with Gasteiger partial charge in [0.05, 0.1) is 5.69 Å². The maximum atomic E-state index is 5.54. The van der Waals surface area contributed by atoms with E-state index in [1.165, 1.54) is 0 Å². The van der Waals surface area contributed by atoms with Crippen molar-refractivity contribution >= 4 is 15.9 Å². The van der Waals surface area contributed by atoms with Crippen molar-refractivity contribution in [2.24, 2.45) is 5.73 Å². The molecule has 2 aromatic rings. The van der Waals surface area contributed by atoms with Gasteiger partial charge in [-0.05, 0) is 41.1 Å². The van der Waals surface area contributed by atoms with Crippen LogP contribution in [0.15, 0.2) is 27.3 Å². The predicted octanol–water partition coefficient (Wildman–Crippen LogP) is 2.27. The molecule has 0 amide bonds. The van der Waals surface area contributed by atoms with Gasteiger partial charge in [0, 0.05) is 12.2 Å². The lowest BCUT2D eigenvalue weighted by Gasteiger charge is -2.01. The number of hydrogen-bond acceptors (Lipinski definition) is 4. The lowest BCUT2D eigenvalue weighted by molar-refractivity contribution is 0.550. The Hall–Kier alpha value is -1.20. The lowest BCUT2D eigenvalue weighted by Crippen LogP contribution is -2.03. The van der Waals surface area contributed by atoms with Gasteiger partial charge in [-0.1, -0.05) is 0 Å². The molecule has 2 aromatic heterocycles. The van der Waals surface area contributed by atoms with Crippen molar-refractivity contribution in [3.05, 3.63) is 34.3 Å². The Bertz CT molecular complexity index is 481. The van der Waals surface area contributed by atoms with Crippen LogP contribution in [0.3, 0.4) is 0 Å². The van der Waals surface area contributed by atoms with E-state index in [-0.39, 0.29) is 0 Å². The molecule has 0 aliphatic heterocycles. The standard InChI is InChI=1S/C10H10BrN3O/c1-6-4-7(5-12)14-10(13-6)8-2-3-9(11)15-8/h2-4H,5,12H2,1H3. The van der Waals surface area contributed by atoms with Crippen LogP contribution < -0.4 is 5.73 Å². The van der Waals surface area contributed by atoms with E-state index in [1.807, 2.05) is 25.1 Å². The molecule has 4 nitrogen and oxygen atoms in total. The first kappa shape index (κ1) is 10.3. The summed E-state index contributed by atoms with van der Waals surface area (Å²) >= 11 is 3.24. The number of furan rings is 1. The van der Waals surface area contributed by atoms with Crippen LogP contribution in [0, 0.1) is 6.92 Å². The third kappa shape index (κ3) is 2.24. The summed E-state index contributed by atoms with van der Waals surface area (Å²) in [7, 11) is 0. The molecule has 0 fully saturated rings. The van der Waals surface area contributed by atoms with Crippen LogP contribution >= 0.6 is 15.9 Å². The van der Waals surface area contributed by atoms with Crippen molar-refractivity contribution in [1.29, 1.82) is 0 Å². The van der Waals surface area contributed by atoms with Crippen LogP contribution in [0.2, 0.25) is 0 Å². The largest absolute Gasteiger partial charge is 0.446 e. The average molecular weight is 268 g/mol. The molecule has 2 N–H and O–H groups in total. The normalized spacial score (nSPS) is 10.6. The minimum atomic E-state index is 0.401. The SMILES string of the molecule is Cc1cc(CN)nc(-c2ccc(Br)o2)n1. The number of hydrogen-bond donors (Lipinski definition) is 1. The monoisotopic (exact) mass is 267 g/mol. The smallest absolute Gasteiger partial charge is 0.196 e. The molecule has 0 saturated heterocycles. The molecule has 78 valence electrons. The fourth-order valence-corrected chi connectivity index (χ4v) is 1.59. The number of rotatable bonds is 2. The van der Waals surface area contributed by atoms with Crippen LogP contribution in [0.25, 0.3) is 11.6 Å². The van der Waals surface area contributed by atoms with E-state index >= 15 is 0 Å². The van der Waals surface area contributed by atoms with Crippen molar-refractivity contribution in [1.82, 2.24) is 9.97 Å². The maximum absolute atomic E-state index is 5.54. The number of halogens is 1. The summed E-state index contributed by atoms with van der Waals surface area (Å²) in [6, 6.07) is 5.49. The van der Waals surface area contributed by atoms with Gasteiger partial charge in [0.2, 0.25) is 0 Å². The molecule has 0 radical (unpaired) electrons. The van der Waals surface area contributed by atoms with Gasteiger partial charge in [0.1, 0.15) is 0 Å². The van der Waals surface area contributed by atoms with Crippen molar-refractivity contribution in [2.75, 3.05) is 0 Å². The van der Waals surface area contributed by atoms with Gasteiger partial charge in [0.25, 0.3) is 0 Å². The number of nitrogens with two attached hydrogens (primary N) is 1. The van der Waals surface area contributed by atoms with E-state index in [0.29, 0.717) is 22.8 Å². The second kappa shape index (κ2) is 4.12. The molecule has 0 spiro atoms. The van der Waals surface area contributed by atoms with E-state index in [2.05, 4.69) is 25.9 Å². The van der Waals surface area contributed by atoms with Crippen molar-refractivity contribution in [3.8, 4) is 11.6 Å². The van der Waals surface area contributed by atoms with E-state index in [0.717, 1.165) is 11.4 Å². The van der Waals surface area contributed by atoms with E-state index in [1.54, 1.807) is 0 Å². The Labute approximate surface area is 95.7 Å². The highest BCUT2D eigenvalue weighted by Crippen LogP contribution is 2.22. The molecule has 0 unspecified atom stereocenters. The third-order valence-corrected chi connectivity index (χ3v) is 2.34. The average Bonchev–Trinajstić information content (AvgIpc) is 2.64. The van der Waals surface area contributed by atoms with Gasteiger partial charge >= 0.3 is 0 Å². The Kier molecular flexibility index (Phi) is 2.83. The summed E-state index contributed by atoms with van der Waals surface area (Å²) in [5.41, 5.74) is 7.23. The van der Waals surface area contributed by atoms with Gasteiger partial charge in [-0.3, -0.25) is 0 Å². The molecule has 5 heteroatoms. The van der Waals surface area contributed by atoms with E-state index in [4.69, 9.17) is 10.2 Å². The van der Waals surface area contributed by atoms with Gasteiger partial charge in [-0.25, -0.2) is 9.97 Å². The molecule has 0 bridgehead atoms. The van der Waals surface area contributed by atoms with Gasteiger partial charge in [-0.15, -0.1) is 0 Å². The summed E-state index contributed by atoms with van der Waals surface area (Å²) in [4.78, 5) is 8.57. The molecule has 0 atom stereocenters. The minimum Gasteiger partial charge on any atom is -0.446 e. The Morgan fingerprint density at radius 2 is 2.20 bits per heavy atom. The molecular weight excluding hydrogens is 258 g/mol. The molecule has 15 heavy (non-hydrogen) atoms. The third-order valence-electron chi connectivity index (χ3n) is 1.91. The quantitative estimate of drug-likeness (QED) is 0.907. The Balaban J connectivity index is 2.48. The van der Waals surface area contributed by atoms with Crippen LogP contribution in [0.1, 0.15) is 11.4 Å². The molecule has 2 rings (SSSR count). The first-order valence-electron chi connectivity index (χ1n) is 4.49. The Morgan fingerprint density at radius 3 is 2.80 bits per heavy atom. The Morgan fingerprint density at radius 1 is 1.40 bits per heavy atom. The second-order valence-corrected chi connectivity index (χ2v) is 3.91. The number of nitrogens with zero attached hydrogens (tertiary/aromatic N) is 2. The van der Waals surface area contributed by atoms with E-state index < -0.39 is 0 Å². The highest BCUT2D eigenvalue weighted by molar-refractivity contribution is 9.10. The van der Waals surface area contributed by atoms with Crippen molar-refractivity contribution in [2.45, 2.75) is 13.5 Å². The van der Waals surface area contributed by atoms with Crippen LogP contribution in [-0.4, -0.2) is 9.97 Å². The number of aryl methyl sites for hydroxylation is 1. The predicted molar refractivity (Wildman–Crippen MR) is 60.1 cm³/mol. The van der Waals surface area contributed by atoms with Crippen LogP contribution in [0.4, 0.5) is 0 Å². The summed E-state index contributed by atoms with van der Waals surface area (Å²) in [5, 5.41) is 0. The maximum Gasteiger partial charge on any atom is 0.196 e. The highest BCUT2D eigenvalue weighted by atomic mass is 79.9. The topological polar surface area (TPSA) is 64.9 Å². The molecule has 0 saturated carbocycles. The minimum absolute atomic E-state index is 0.401. The first-order chi connectivity index (χ1) is 7.19. The fraction of sp³-hybridized carbons (Fsp3) is 0.200. The summed E-state index contributed by atoms with van der Waals surface area (Å²) in [6.07, 6.45) is 0. The summed E-state index contributed by atoms with van der Waals surface area (Å²) in [5.74, 6) is 1.21. The highest BCUT2D eigenvalue weighted by Gasteiger charge is 2.08. The van der Waals surface area contributed by atoms with Gasteiger partial charge in [0.15, 0.2) is 16.3 Å². The summed E-state index contributed by atoms with van der Waals surface area (Å²) in [6.45, 7) is 2.31. The zero-order valence-electron chi connectivity index (χ0n) is 8.20. The fourth-order valence-electron chi connectivity index (χ4n) is 1.28.